The van der Waals surface area contributed by atoms with Crippen molar-refractivity contribution in [1.29, 1.82) is 0 Å². The van der Waals surface area contributed by atoms with Gasteiger partial charge >= 0.3 is 0 Å². The minimum atomic E-state index is -0.262. The van der Waals surface area contributed by atoms with Gasteiger partial charge in [0.2, 0.25) is 5.91 Å². The zero-order valence-electron chi connectivity index (χ0n) is 13.2. The topological polar surface area (TPSA) is 78.4 Å². The van der Waals surface area contributed by atoms with Gasteiger partial charge in [-0.1, -0.05) is 6.07 Å². The van der Waals surface area contributed by atoms with Gasteiger partial charge in [0.05, 0.1) is 6.42 Å². The number of aromatic hydroxyl groups is 1. The first-order valence-corrected chi connectivity index (χ1v) is 8.51. The standard InChI is InChI=1S/C19H16N2O3S/c22-16-9-7-15(8-10-16)21-19(24)13-3-5-14(6-4-13)20-18(23)12-17-2-1-11-25-17/h1-11,22H,12H2,(H,20,23)(H,21,24). The summed E-state index contributed by atoms with van der Waals surface area (Å²) in [7, 11) is 0. The lowest BCUT2D eigenvalue weighted by atomic mass is 10.2. The number of phenolic OH excluding ortho intramolecular Hbond substituents is 1. The molecule has 0 bridgehead atoms. The van der Waals surface area contributed by atoms with E-state index in [1.54, 1.807) is 47.7 Å². The molecule has 0 saturated carbocycles. The number of hydrogen-bond acceptors (Lipinski definition) is 4. The largest absolute Gasteiger partial charge is 0.508 e. The number of rotatable bonds is 5. The van der Waals surface area contributed by atoms with Crippen molar-refractivity contribution in [3.05, 3.63) is 76.5 Å². The molecular weight excluding hydrogens is 336 g/mol. The molecule has 3 N–H and O–H groups in total. The molecule has 0 unspecified atom stereocenters. The number of hydrogen-bond donors (Lipinski definition) is 3. The zero-order valence-corrected chi connectivity index (χ0v) is 14.0. The van der Waals surface area contributed by atoms with Crippen molar-refractivity contribution >= 4 is 34.5 Å². The predicted molar refractivity (Wildman–Crippen MR) is 99.2 cm³/mol. The fraction of sp³-hybridized carbons (Fsp3) is 0.0526. The van der Waals surface area contributed by atoms with E-state index in [1.165, 1.54) is 12.1 Å². The summed E-state index contributed by atoms with van der Waals surface area (Å²) in [6.45, 7) is 0. The average molecular weight is 352 g/mol. The van der Waals surface area contributed by atoms with Crippen LogP contribution in [0.3, 0.4) is 0 Å². The Bertz CT molecular complexity index is 857. The smallest absolute Gasteiger partial charge is 0.255 e. The summed E-state index contributed by atoms with van der Waals surface area (Å²) in [5.74, 6) is -0.216. The van der Waals surface area contributed by atoms with E-state index in [0.717, 1.165) is 4.88 Å². The van der Waals surface area contributed by atoms with Crippen LogP contribution in [0.1, 0.15) is 15.2 Å². The van der Waals surface area contributed by atoms with Gasteiger partial charge in [-0.05, 0) is 60.0 Å². The number of nitrogens with one attached hydrogen (secondary N) is 2. The quantitative estimate of drug-likeness (QED) is 0.610. The van der Waals surface area contributed by atoms with Gasteiger partial charge in [0.15, 0.2) is 0 Å². The molecule has 0 spiro atoms. The summed E-state index contributed by atoms with van der Waals surface area (Å²) < 4.78 is 0. The lowest BCUT2D eigenvalue weighted by molar-refractivity contribution is -0.115. The Labute approximate surface area is 148 Å². The molecule has 0 radical (unpaired) electrons. The molecule has 6 heteroatoms. The van der Waals surface area contributed by atoms with Gasteiger partial charge in [-0.15, -0.1) is 11.3 Å². The van der Waals surface area contributed by atoms with Crippen molar-refractivity contribution in [3.63, 3.8) is 0 Å². The van der Waals surface area contributed by atoms with Crippen molar-refractivity contribution in [2.75, 3.05) is 10.6 Å². The van der Waals surface area contributed by atoms with E-state index < -0.39 is 0 Å². The second-order valence-electron chi connectivity index (χ2n) is 5.38. The monoisotopic (exact) mass is 352 g/mol. The number of anilines is 2. The molecule has 3 aromatic rings. The SMILES string of the molecule is O=C(Cc1cccs1)Nc1ccc(C(=O)Nc2ccc(O)cc2)cc1. The Morgan fingerprint density at radius 3 is 2.16 bits per heavy atom. The fourth-order valence-electron chi connectivity index (χ4n) is 2.23. The number of amides is 2. The van der Waals surface area contributed by atoms with E-state index in [0.29, 0.717) is 23.4 Å². The van der Waals surface area contributed by atoms with E-state index >= 15 is 0 Å². The number of carbonyl (C=O) groups is 2. The normalized spacial score (nSPS) is 10.2. The number of benzene rings is 2. The molecule has 0 aliphatic carbocycles. The molecule has 5 nitrogen and oxygen atoms in total. The molecule has 0 fully saturated rings. The van der Waals surface area contributed by atoms with Gasteiger partial charge < -0.3 is 15.7 Å². The molecule has 3 rings (SSSR count). The number of thiophene rings is 1. The second-order valence-corrected chi connectivity index (χ2v) is 6.41. The lowest BCUT2D eigenvalue weighted by Crippen LogP contribution is -2.14. The molecular formula is C19H16N2O3S. The highest BCUT2D eigenvalue weighted by molar-refractivity contribution is 7.10. The Morgan fingerprint density at radius 2 is 1.52 bits per heavy atom. The molecule has 2 amide bonds. The van der Waals surface area contributed by atoms with Gasteiger partial charge in [-0.3, -0.25) is 9.59 Å². The van der Waals surface area contributed by atoms with Crippen LogP contribution in [0.25, 0.3) is 0 Å². The first-order chi connectivity index (χ1) is 12.1. The van der Waals surface area contributed by atoms with E-state index in [4.69, 9.17) is 0 Å². The summed E-state index contributed by atoms with van der Waals surface area (Å²) in [5, 5.41) is 16.7. The molecule has 126 valence electrons. The summed E-state index contributed by atoms with van der Waals surface area (Å²) in [4.78, 5) is 25.1. The summed E-state index contributed by atoms with van der Waals surface area (Å²) >= 11 is 1.54. The first-order valence-electron chi connectivity index (χ1n) is 7.63. The zero-order chi connectivity index (χ0) is 17.6. The van der Waals surface area contributed by atoms with E-state index in [2.05, 4.69) is 10.6 Å². The maximum absolute atomic E-state index is 12.2. The van der Waals surface area contributed by atoms with Crippen LogP contribution in [0.4, 0.5) is 11.4 Å². The number of phenols is 1. The summed E-state index contributed by atoms with van der Waals surface area (Å²) in [5.41, 5.74) is 1.71. The van der Waals surface area contributed by atoms with Crippen molar-refractivity contribution in [2.45, 2.75) is 6.42 Å². The van der Waals surface area contributed by atoms with Crippen LogP contribution in [-0.4, -0.2) is 16.9 Å². The number of carbonyl (C=O) groups excluding carboxylic acids is 2. The molecule has 0 atom stereocenters. The van der Waals surface area contributed by atoms with Crippen molar-refractivity contribution in [1.82, 2.24) is 0 Å². The molecule has 1 heterocycles. The third kappa shape index (κ3) is 4.68. The molecule has 0 aliphatic heterocycles. The minimum absolute atomic E-state index is 0.0938. The molecule has 2 aromatic carbocycles. The third-order valence-corrected chi connectivity index (χ3v) is 4.35. The minimum Gasteiger partial charge on any atom is -0.508 e. The summed E-state index contributed by atoms with van der Waals surface area (Å²) in [6, 6.07) is 16.8. The van der Waals surface area contributed by atoms with Gasteiger partial charge in [0, 0.05) is 21.8 Å². The summed E-state index contributed by atoms with van der Waals surface area (Å²) in [6.07, 6.45) is 0.334. The van der Waals surface area contributed by atoms with Crippen LogP contribution in [0, 0.1) is 0 Å². The van der Waals surface area contributed by atoms with Gasteiger partial charge in [0.25, 0.3) is 5.91 Å². The van der Waals surface area contributed by atoms with Crippen LogP contribution in [0.2, 0.25) is 0 Å². The third-order valence-electron chi connectivity index (χ3n) is 3.47. The van der Waals surface area contributed by atoms with Gasteiger partial charge in [-0.2, -0.15) is 0 Å². The Morgan fingerprint density at radius 1 is 0.880 bits per heavy atom. The Hall–Kier alpha value is -3.12. The van der Waals surface area contributed by atoms with Crippen LogP contribution >= 0.6 is 11.3 Å². The highest BCUT2D eigenvalue weighted by atomic mass is 32.1. The average Bonchev–Trinajstić information content (AvgIpc) is 3.10. The molecule has 25 heavy (non-hydrogen) atoms. The van der Waals surface area contributed by atoms with Gasteiger partial charge in [-0.25, -0.2) is 0 Å². The van der Waals surface area contributed by atoms with Crippen LogP contribution in [0.5, 0.6) is 5.75 Å². The van der Waals surface area contributed by atoms with E-state index in [-0.39, 0.29) is 17.6 Å². The molecule has 1 aromatic heterocycles. The van der Waals surface area contributed by atoms with Crippen molar-refractivity contribution in [3.8, 4) is 5.75 Å². The van der Waals surface area contributed by atoms with E-state index in [9.17, 15) is 14.7 Å². The molecule has 0 saturated heterocycles. The molecule has 0 aliphatic rings. The highest BCUT2D eigenvalue weighted by Gasteiger charge is 2.08. The van der Waals surface area contributed by atoms with Crippen LogP contribution in [0.15, 0.2) is 66.0 Å². The highest BCUT2D eigenvalue weighted by Crippen LogP contribution is 2.16. The van der Waals surface area contributed by atoms with Crippen LogP contribution < -0.4 is 10.6 Å². The fourth-order valence-corrected chi connectivity index (χ4v) is 2.93. The maximum atomic E-state index is 12.2. The maximum Gasteiger partial charge on any atom is 0.255 e. The van der Waals surface area contributed by atoms with Crippen molar-refractivity contribution < 1.29 is 14.7 Å². The first kappa shape index (κ1) is 16.7. The Kier molecular flexibility index (Phi) is 5.11. The second kappa shape index (κ2) is 7.63. The lowest BCUT2D eigenvalue weighted by Gasteiger charge is -2.07. The predicted octanol–water partition coefficient (Wildman–Crippen LogP) is 3.89. The van der Waals surface area contributed by atoms with Crippen molar-refractivity contribution in [2.24, 2.45) is 0 Å². The van der Waals surface area contributed by atoms with Crippen LogP contribution in [-0.2, 0) is 11.2 Å². The van der Waals surface area contributed by atoms with Gasteiger partial charge in [0.1, 0.15) is 5.75 Å². The Balaban J connectivity index is 1.58. The van der Waals surface area contributed by atoms with E-state index in [1.807, 2.05) is 17.5 Å².